The first-order valence-electron chi connectivity index (χ1n) is 10.4. The van der Waals surface area contributed by atoms with Crippen molar-refractivity contribution in [2.45, 2.75) is 26.9 Å². The van der Waals surface area contributed by atoms with Crippen LogP contribution in [0.1, 0.15) is 30.5 Å². The van der Waals surface area contributed by atoms with Gasteiger partial charge in [0, 0.05) is 11.1 Å². The molecule has 0 saturated carbocycles. The number of rotatable bonds is 12. The zero-order valence-corrected chi connectivity index (χ0v) is 20.2. The van der Waals surface area contributed by atoms with Crippen molar-refractivity contribution in [3.63, 3.8) is 0 Å². The zero-order chi connectivity index (χ0) is 24.4. The van der Waals surface area contributed by atoms with Gasteiger partial charge in [-0.15, -0.1) is 0 Å². The maximum absolute atomic E-state index is 9.06. The van der Waals surface area contributed by atoms with E-state index in [4.69, 9.17) is 28.9 Å². The maximum atomic E-state index is 9.06. The van der Waals surface area contributed by atoms with Crippen LogP contribution in [0.4, 0.5) is 0 Å². The van der Waals surface area contributed by atoms with Crippen LogP contribution < -0.4 is 29.2 Å². The van der Waals surface area contributed by atoms with Gasteiger partial charge in [-0.1, -0.05) is 18.2 Å². The molecule has 0 aliphatic heterocycles. The molecule has 0 bridgehead atoms. The Labute approximate surface area is 195 Å². The lowest BCUT2D eigenvalue weighted by Gasteiger charge is -2.18. The molecular formula is C26H33NO6. The SMILES string of the molecule is C=C(/C=C/c1ccc(OC)c(CC=C(C)C)c1OCc1cc(OC)c(OC)c(OC)c1)NO. The summed E-state index contributed by atoms with van der Waals surface area (Å²) in [4.78, 5) is 0. The van der Waals surface area contributed by atoms with Crippen LogP contribution in [0.5, 0.6) is 28.7 Å². The highest BCUT2D eigenvalue weighted by Gasteiger charge is 2.17. The van der Waals surface area contributed by atoms with Gasteiger partial charge in [0.25, 0.3) is 0 Å². The predicted molar refractivity (Wildman–Crippen MR) is 130 cm³/mol. The summed E-state index contributed by atoms with van der Waals surface area (Å²) in [6.45, 7) is 8.07. The van der Waals surface area contributed by atoms with Gasteiger partial charge in [-0.3, -0.25) is 10.7 Å². The number of hydrogen-bond donors (Lipinski definition) is 2. The van der Waals surface area contributed by atoms with E-state index in [0.717, 1.165) is 22.4 Å². The molecule has 0 spiro atoms. The average Bonchev–Trinajstić information content (AvgIpc) is 2.83. The van der Waals surface area contributed by atoms with Gasteiger partial charge in [-0.25, -0.2) is 0 Å². The molecule has 0 fully saturated rings. The van der Waals surface area contributed by atoms with E-state index in [2.05, 4.69) is 12.7 Å². The van der Waals surface area contributed by atoms with E-state index < -0.39 is 0 Å². The van der Waals surface area contributed by atoms with Crippen molar-refractivity contribution < 1.29 is 28.9 Å². The summed E-state index contributed by atoms with van der Waals surface area (Å²) in [7, 11) is 6.35. The molecule has 178 valence electrons. The Morgan fingerprint density at radius 3 is 2.09 bits per heavy atom. The third-order valence-corrected chi connectivity index (χ3v) is 4.90. The molecule has 0 amide bonds. The molecule has 0 aliphatic rings. The molecule has 0 atom stereocenters. The van der Waals surface area contributed by atoms with E-state index in [9.17, 15) is 0 Å². The first-order chi connectivity index (χ1) is 15.9. The molecule has 2 rings (SSSR count). The van der Waals surface area contributed by atoms with Gasteiger partial charge in [0.05, 0.1) is 34.1 Å². The average molecular weight is 456 g/mol. The Balaban J connectivity index is 2.53. The Bertz CT molecular complexity index is 997. The van der Waals surface area contributed by atoms with Gasteiger partial charge in [-0.05, 0) is 62.2 Å². The largest absolute Gasteiger partial charge is 0.496 e. The quantitative estimate of drug-likeness (QED) is 0.255. The standard InChI is InChI=1S/C26H33NO6/c1-17(2)8-12-21-22(29-4)13-11-20(10-9-18(3)27-28)25(21)33-16-19-14-23(30-5)26(32-7)24(15-19)31-6/h8-11,13-15,27-28H,3,12,16H2,1-2,4-7H3/b10-9+. The molecular weight excluding hydrogens is 422 g/mol. The Morgan fingerprint density at radius 2 is 1.58 bits per heavy atom. The van der Waals surface area contributed by atoms with Gasteiger partial charge in [0.1, 0.15) is 18.1 Å². The Kier molecular flexibility index (Phi) is 9.69. The molecule has 7 heteroatoms. The minimum atomic E-state index is 0.256. The topological polar surface area (TPSA) is 78.4 Å². The number of allylic oxidation sites excluding steroid dienone is 3. The fourth-order valence-electron chi connectivity index (χ4n) is 3.22. The molecule has 0 saturated heterocycles. The fraction of sp³-hybridized carbons (Fsp3) is 0.308. The van der Waals surface area contributed by atoms with Gasteiger partial charge < -0.3 is 23.7 Å². The van der Waals surface area contributed by atoms with Crippen LogP contribution in [-0.4, -0.2) is 33.6 Å². The second kappa shape index (κ2) is 12.5. The molecule has 33 heavy (non-hydrogen) atoms. The summed E-state index contributed by atoms with van der Waals surface area (Å²) in [5.74, 6) is 3.02. The second-order valence-corrected chi connectivity index (χ2v) is 7.44. The van der Waals surface area contributed by atoms with Crippen molar-refractivity contribution in [3.8, 4) is 28.7 Å². The molecule has 2 N–H and O–H groups in total. The number of hydrogen-bond acceptors (Lipinski definition) is 7. The molecule has 0 aliphatic carbocycles. The minimum Gasteiger partial charge on any atom is -0.496 e. The van der Waals surface area contributed by atoms with Crippen LogP contribution in [0.3, 0.4) is 0 Å². The van der Waals surface area contributed by atoms with Gasteiger partial charge in [-0.2, -0.15) is 0 Å². The van der Waals surface area contributed by atoms with Crippen molar-refractivity contribution in [3.05, 3.63) is 71.0 Å². The minimum absolute atomic E-state index is 0.256. The molecule has 0 aromatic heterocycles. The van der Waals surface area contributed by atoms with Crippen molar-refractivity contribution >= 4 is 6.08 Å². The highest BCUT2D eigenvalue weighted by Crippen LogP contribution is 2.39. The van der Waals surface area contributed by atoms with Gasteiger partial charge in [0.2, 0.25) is 5.75 Å². The van der Waals surface area contributed by atoms with Gasteiger partial charge in [0.15, 0.2) is 11.5 Å². The van der Waals surface area contributed by atoms with Crippen molar-refractivity contribution in [1.29, 1.82) is 0 Å². The van der Waals surface area contributed by atoms with E-state index in [1.165, 1.54) is 5.57 Å². The van der Waals surface area contributed by atoms with Crippen molar-refractivity contribution in [2.75, 3.05) is 28.4 Å². The second-order valence-electron chi connectivity index (χ2n) is 7.44. The summed E-state index contributed by atoms with van der Waals surface area (Å²) in [5.41, 5.74) is 6.14. The first-order valence-corrected chi connectivity index (χ1v) is 10.4. The molecule has 7 nitrogen and oxygen atoms in total. The first kappa shape index (κ1) is 25.7. The Hall–Kier alpha value is -3.58. The number of nitrogens with one attached hydrogen (secondary N) is 1. The number of benzene rings is 2. The predicted octanol–water partition coefficient (Wildman–Crippen LogP) is 5.31. The van der Waals surface area contributed by atoms with Gasteiger partial charge >= 0.3 is 0 Å². The lowest BCUT2D eigenvalue weighted by atomic mass is 10.0. The molecule has 2 aromatic carbocycles. The van der Waals surface area contributed by atoms with E-state index in [-0.39, 0.29) is 6.61 Å². The van der Waals surface area contributed by atoms with Crippen LogP contribution in [0, 0.1) is 0 Å². The third-order valence-electron chi connectivity index (χ3n) is 4.90. The van der Waals surface area contributed by atoms with Crippen LogP contribution in [0.25, 0.3) is 6.08 Å². The fourth-order valence-corrected chi connectivity index (χ4v) is 3.22. The summed E-state index contributed by atoms with van der Waals surface area (Å²) in [5, 5.41) is 9.06. The number of ether oxygens (including phenoxy) is 5. The molecule has 0 heterocycles. The van der Waals surface area contributed by atoms with E-state index in [1.807, 2.05) is 49.7 Å². The Morgan fingerprint density at radius 1 is 0.939 bits per heavy atom. The number of methoxy groups -OCH3 is 4. The summed E-state index contributed by atoms with van der Waals surface area (Å²) < 4.78 is 28.3. The smallest absolute Gasteiger partial charge is 0.203 e. The highest BCUT2D eigenvalue weighted by molar-refractivity contribution is 5.65. The highest BCUT2D eigenvalue weighted by atomic mass is 16.5. The van der Waals surface area contributed by atoms with Crippen molar-refractivity contribution in [2.24, 2.45) is 0 Å². The normalized spacial score (nSPS) is 10.5. The molecule has 2 aromatic rings. The lowest BCUT2D eigenvalue weighted by molar-refractivity contribution is 0.205. The van der Waals surface area contributed by atoms with E-state index >= 15 is 0 Å². The van der Waals surface area contributed by atoms with Crippen LogP contribution >= 0.6 is 0 Å². The number of hydroxylamine groups is 1. The van der Waals surface area contributed by atoms with Crippen LogP contribution in [0.15, 0.2) is 54.3 Å². The summed E-state index contributed by atoms with van der Waals surface area (Å²) in [6, 6.07) is 7.50. The van der Waals surface area contributed by atoms with Crippen molar-refractivity contribution in [1.82, 2.24) is 5.48 Å². The van der Waals surface area contributed by atoms with E-state index in [0.29, 0.717) is 35.1 Å². The summed E-state index contributed by atoms with van der Waals surface area (Å²) in [6.07, 6.45) is 6.24. The summed E-state index contributed by atoms with van der Waals surface area (Å²) >= 11 is 0. The lowest BCUT2D eigenvalue weighted by Crippen LogP contribution is -2.05. The molecule has 0 unspecified atom stereocenters. The zero-order valence-electron chi connectivity index (χ0n) is 20.2. The van der Waals surface area contributed by atoms with Crippen LogP contribution in [-0.2, 0) is 13.0 Å². The van der Waals surface area contributed by atoms with E-state index in [1.54, 1.807) is 34.5 Å². The molecule has 0 radical (unpaired) electrons. The maximum Gasteiger partial charge on any atom is 0.203 e. The van der Waals surface area contributed by atoms with Crippen LogP contribution in [0.2, 0.25) is 0 Å². The third kappa shape index (κ3) is 6.70. The monoisotopic (exact) mass is 455 g/mol.